The summed E-state index contributed by atoms with van der Waals surface area (Å²) in [6, 6.07) is 9.98. The number of hydrogen-bond donors (Lipinski definition) is 1. The molecule has 1 fully saturated rings. The van der Waals surface area contributed by atoms with Gasteiger partial charge in [-0.05, 0) is 42.5 Å². The number of benzene rings is 1. The van der Waals surface area contributed by atoms with Gasteiger partial charge in [0.2, 0.25) is 10.0 Å². The van der Waals surface area contributed by atoms with Crippen LogP contribution in [0.2, 0.25) is 0 Å². The van der Waals surface area contributed by atoms with Crippen molar-refractivity contribution >= 4 is 33.0 Å². The fourth-order valence-corrected chi connectivity index (χ4v) is 4.77. The highest BCUT2D eigenvalue weighted by Gasteiger charge is 2.26. The molecule has 0 bridgehead atoms. The zero-order valence-electron chi connectivity index (χ0n) is 12.6. The molecule has 0 aliphatic carbocycles. The van der Waals surface area contributed by atoms with Crippen LogP contribution in [-0.2, 0) is 10.0 Å². The van der Waals surface area contributed by atoms with Crippen molar-refractivity contribution in [1.82, 2.24) is 4.31 Å². The minimum atomic E-state index is -3.49. The number of hydrogen-bond acceptors (Lipinski definition) is 4. The van der Waals surface area contributed by atoms with E-state index >= 15 is 0 Å². The first-order chi connectivity index (χ1) is 11.1. The van der Waals surface area contributed by atoms with Crippen LogP contribution >= 0.6 is 11.3 Å². The van der Waals surface area contributed by atoms with Gasteiger partial charge in [0.25, 0.3) is 5.91 Å². The monoisotopic (exact) mass is 350 g/mol. The average Bonchev–Trinajstić information content (AvgIpc) is 3.10. The summed E-state index contributed by atoms with van der Waals surface area (Å²) in [6.07, 6.45) is 2.87. The second-order valence-corrected chi connectivity index (χ2v) is 8.31. The average molecular weight is 350 g/mol. The van der Waals surface area contributed by atoms with Gasteiger partial charge in [-0.3, -0.25) is 4.79 Å². The molecule has 2 aromatic rings. The first-order valence-electron chi connectivity index (χ1n) is 7.52. The molecular formula is C16H18N2O3S2. The molecular weight excluding hydrogens is 332 g/mol. The number of rotatable bonds is 4. The number of amides is 1. The van der Waals surface area contributed by atoms with E-state index in [0.29, 0.717) is 23.7 Å². The smallest absolute Gasteiger partial charge is 0.265 e. The van der Waals surface area contributed by atoms with Crippen LogP contribution in [0.5, 0.6) is 0 Å². The van der Waals surface area contributed by atoms with Gasteiger partial charge in [-0.2, -0.15) is 4.31 Å². The second kappa shape index (κ2) is 6.82. The van der Waals surface area contributed by atoms with Crippen molar-refractivity contribution in [1.29, 1.82) is 0 Å². The molecule has 7 heteroatoms. The molecule has 1 aliphatic rings. The Balaban J connectivity index is 1.80. The zero-order chi connectivity index (χ0) is 16.3. The highest BCUT2D eigenvalue weighted by atomic mass is 32.2. The third-order valence-corrected chi connectivity index (χ3v) is 6.55. The Kier molecular flexibility index (Phi) is 4.79. The number of piperidine rings is 1. The summed E-state index contributed by atoms with van der Waals surface area (Å²) in [4.78, 5) is 12.9. The molecule has 0 spiro atoms. The number of carbonyl (C=O) groups is 1. The van der Waals surface area contributed by atoms with Crippen LogP contribution in [0.3, 0.4) is 0 Å². The van der Waals surface area contributed by atoms with E-state index in [1.54, 1.807) is 30.3 Å². The van der Waals surface area contributed by atoms with E-state index < -0.39 is 10.0 Å². The van der Waals surface area contributed by atoms with Crippen LogP contribution in [0.4, 0.5) is 5.69 Å². The van der Waals surface area contributed by atoms with Crippen LogP contribution < -0.4 is 5.32 Å². The van der Waals surface area contributed by atoms with Crippen molar-refractivity contribution in [2.75, 3.05) is 18.4 Å². The normalized spacial score (nSPS) is 16.2. The van der Waals surface area contributed by atoms with Crippen molar-refractivity contribution in [2.24, 2.45) is 0 Å². The molecule has 2 heterocycles. The summed E-state index contributed by atoms with van der Waals surface area (Å²) in [7, 11) is -3.49. The highest BCUT2D eigenvalue weighted by Crippen LogP contribution is 2.23. The molecule has 1 aliphatic heterocycles. The lowest BCUT2D eigenvalue weighted by Crippen LogP contribution is -2.35. The maximum atomic E-state index is 12.7. The number of sulfonamides is 1. The molecule has 1 saturated heterocycles. The Hall–Kier alpha value is -1.70. The van der Waals surface area contributed by atoms with Crippen LogP contribution in [0.25, 0.3) is 0 Å². The van der Waals surface area contributed by atoms with E-state index in [1.807, 2.05) is 5.38 Å². The van der Waals surface area contributed by atoms with E-state index in [4.69, 9.17) is 0 Å². The summed E-state index contributed by atoms with van der Waals surface area (Å²) in [5.41, 5.74) is 0.487. The number of carbonyl (C=O) groups excluding carboxylic acids is 1. The molecule has 1 N–H and O–H groups in total. The Bertz CT molecular complexity index is 779. The standard InChI is InChI=1S/C16H18N2O3S2/c19-16(15-8-5-11-22-15)17-13-6-4-7-14(12-13)23(20,21)18-9-2-1-3-10-18/h4-8,11-12H,1-3,9-10H2,(H,17,19). The molecule has 122 valence electrons. The lowest BCUT2D eigenvalue weighted by atomic mass is 10.2. The predicted octanol–water partition coefficient (Wildman–Crippen LogP) is 3.18. The largest absolute Gasteiger partial charge is 0.321 e. The van der Waals surface area contributed by atoms with Gasteiger partial charge < -0.3 is 5.32 Å². The lowest BCUT2D eigenvalue weighted by molar-refractivity contribution is 0.103. The van der Waals surface area contributed by atoms with Crippen LogP contribution in [0.1, 0.15) is 28.9 Å². The topological polar surface area (TPSA) is 66.5 Å². The number of anilines is 1. The molecule has 1 aromatic heterocycles. The van der Waals surface area contributed by atoms with E-state index in [2.05, 4.69) is 5.32 Å². The third-order valence-electron chi connectivity index (χ3n) is 3.79. The zero-order valence-corrected chi connectivity index (χ0v) is 14.2. The minimum Gasteiger partial charge on any atom is -0.321 e. The molecule has 23 heavy (non-hydrogen) atoms. The van der Waals surface area contributed by atoms with Crippen LogP contribution in [-0.4, -0.2) is 31.7 Å². The maximum Gasteiger partial charge on any atom is 0.265 e. The van der Waals surface area contributed by atoms with Crippen molar-refractivity contribution in [3.8, 4) is 0 Å². The van der Waals surface area contributed by atoms with E-state index in [-0.39, 0.29) is 10.8 Å². The van der Waals surface area contributed by atoms with E-state index in [9.17, 15) is 13.2 Å². The van der Waals surface area contributed by atoms with Gasteiger partial charge in [0.05, 0.1) is 9.77 Å². The van der Waals surface area contributed by atoms with Gasteiger partial charge in [-0.25, -0.2) is 8.42 Å². The van der Waals surface area contributed by atoms with Gasteiger partial charge in [-0.15, -0.1) is 11.3 Å². The molecule has 0 saturated carbocycles. The van der Waals surface area contributed by atoms with Crippen molar-refractivity contribution in [2.45, 2.75) is 24.2 Å². The Labute approximate surface area is 140 Å². The highest BCUT2D eigenvalue weighted by molar-refractivity contribution is 7.89. The molecule has 1 aromatic carbocycles. The predicted molar refractivity (Wildman–Crippen MR) is 91.3 cm³/mol. The van der Waals surface area contributed by atoms with Gasteiger partial charge in [0, 0.05) is 18.8 Å². The van der Waals surface area contributed by atoms with Gasteiger partial charge in [0.1, 0.15) is 0 Å². The Morgan fingerprint density at radius 2 is 1.87 bits per heavy atom. The Morgan fingerprint density at radius 1 is 1.09 bits per heavy atom. The second-order valence-electron chi connectivity index (χ2n) is 5.42. The Morgan fingerprint density at radius 3 is 2.57 bits per heavy atom. The van der Waals surface area contributed by atoms with Crippen molar-refractivity contribution < 1.29 is 13.2 Å². The number of nitrogens with zero attached hydrogens (tertiary/aromatic N) is 1. The fourth-order valence-electron chi connectivity index (χ4n) is 2.59. The van der Waals surface area contributed by atoms with E-state index in [1.165, 1.54) is 21.7 Å². The summed E-state index contributed by atoms with van der Waals surface area (Å²) < 4.78 is 26.9. The SMILES string of the molecule is O=C(Nc1cccc(S(=O)(=O)N2CCCCC2)c1)c1cccs1. The molecule has 5 nitrogen and oxygen atoms in total. The number of thiophene rings is 1. The molecule has 1 amide bonds. The quantitative estimate of drug-likeness (QED) is 0.921. The lowest BCUT2D eigenvalue weighted by Gasteiger charge is -2.26. The summed E-state index contributed by atoms with van der Waals surface area (Å²) in [5.74, 6) is -0.229. The molecule has 0 unspecified atom stereocenters. The summed E-state index contributed by atoms with van der Waals surface area (Å²) >= 11 is 1.34. The van der Waals surface area contributed by atoms with Crippen molar-refractivity contribution in [3.63, 3.8) is 0 Å². The van der Waals surface area contributed by atoms with Gasteiger partial charge in [0.15, 0.2) is 0 Å². The molecule has 3 rings (SSSR count). The minimum absolute atomic E-state index is 0.225. The third kappa shape index (κ3) is 3.63. The first kappa shape index (κ1) is 16.2. The van der Waals surface area contributed by atoms with Gasteiger partial charge in [-0.1, -0.05) is 18.6 Å². The van der Waals surface area contributed by atoms with Crippen LogP contribution in [0.15, 0.2) is 46.7 Å². The maximum absolute atomic E-state index is 12.7. The van der Waals surface area contributed by atoms with E-state index in [0.717, 1.165) is 19.3 Å². The summed E-state index contributed by atoms with van der Waals surface area (Å²) in [6.45, 7) is 1.13. The van der Waals surface area contributed by atoms with Gasteiger partial charge >= 0.3 is 0 Å². The molecule has 0 atom stereocenters. The molecule has 0 radical (unpaired) electrons. The number of nitrogens with one attached hydrogen (secondary N) is 1. The first-order valence-corrected chi connectivity index (χ1v) is 9.84. The summed E-state index contributed by atoms with van der Waals surface area (Å²) in [5, 5.41) is 4.57. The van der Waals surface area contributed by atoms with Crippen LogP contribution in [0, 0.1) is 0 Å². The fraction of sp³-hybridized carbons (Fsp3) is 0.312. The van der Waals surface area contributed by atoms with Crippen molar-refractivity contribution in [3.05, 3.63) is 46.7 Å².